The van der Waals surface area contributed by atoms with Gasteiger partial charge in [-0.1, -0.05) is 52.8 Å². The van der Waals surface area contributed by atoms with E-state index in [0.717, 1.165) is 163 Å². The number of ether oxygens (including phenoxy) is 2. The molecule has 6 heterocycles. The first-order valence-electron chi connectivity index (χ1n) is 27.0. The molecule has 0 radical (unpaired) electrons. The number of piperazine rings is 2. The van der Waals surface area contributed by atoms with E-state index in [4.69, 9.17) is 24.9 Å². The zero-order valence-corrected chi connectivity index (χ0v) is 44.1. The average molecular weight is 1030 g/mol. The van der Waals surface area contributed by atoms with E-state index in [9.17, 15) is 8.78 Å². The first-order valence-corrected chi connectivity index (χ1v) is 27.0. The number of nitrogens with one attached hydrogen (secondary N) is 1. The van der Waals surface area contributed by atoms with Crippen LogP contribution in [0.3, 0.4) is 0 Å². The molecular weight excluding hydrogens is 951 g/mol. The molecule has 2 unspecified atom stereocenters. The number of para-hydroxylation sites is 4. The summed E-state index contributed by atoms with van der Waals surface area (Å²) in [6.45, 7) is 21.5. The van der Waals surface area contributed by atoms with E-state index < -0.39 is 11.6 Å². The maximum absolute atomic E-state index is 14.1. The van der Waals surface area contributed by atoms with E-state index in [1.54, 1.807) is 0 Å². The number of nitrogens with zero attached hydrogens (tertiary/aromatic N) is 8. The number of nitrogens with two attached hydrogens (primary N) is 1. The molecule has 6 aliphatic rings. The minimum absolute atomic E-state index is 0.0460. The topological polar surface area (TPSA) is 119 Å². The van der Waals surface area contributed by atoms with Crippen molar-refractivity contribution in [3.8, 4) is 11.5 Å². The lowest BCUT2D eigenvalue weighted by Crippen LogP contribution is -2.48. The first kappa shape index (κ1) is 51.7. The molecule has 75 heavy (non-hydrogen) atoms. The van der Waals surface area contributed by atoms with E-state index in [1.165, 1.54) is 40.7 Å². The second-order valence-corrected chi connectivity index (χ2v) is 21.2. The van der Waals surface area contributed by atoms with Crippen LogP contribution < -0.4 is 40.1 Å². The van der Waals surface area contributed by atoms with Gasteiger partial charge in [-0.05, 0) is 112 Å². The highest BCUT2D eigenvalue weighted by Gasteiger charge is 2.31. The molecule has 398 valence electrons. The van der Waals surface area contributed by atoms with E-state index in [2.05, 4.69) is 133 Å². The summed E-state index contributed by atoms with van der Waals surface area (Å²) in [5.74, 6) is 0.844. The molecule has 0 amide bonds. The van der Waals surface area contributed by atoms with E-state index in [0.29, 0.717) is 0 Å². The third-order valence-corrected chi connectivity index (χ3v) is 14.8. The van der Waals surface area contributed by atoms with Crippen molar-refractivity contribution in [1.82, 2.24) is 9.80 Å². The summed E-state index contributed by atoms with van der Waals surface area (Å²) in [5, 5.41) is 12.1. The molecule has 5 aromatic rings. The summed E-state index contributed by atoms with van der Waals surface area (Å²) in [6.07, 6.45) is 4.28. The number of halogens is 2. The Hall–Kier alpha value is -6.78. The molecule has 11 rings (SSSR count). The molecule has 2 fully saturated rings. The number of benzene rings is 5. The number of anilines is 6. The monoisotopic (exact) mass is 1020 g/mol. The third-order valence-electron chi connectivity index (χ3n) is 14.8. The van der Waals surface area contributed by atoms with Crippen molar-refractivity contribution >= 4 is 45.5 Å². The Bertz CT molecular complexity index is 2770. The summed E-state index contributed by atoms with van der Waals surface area (Å²) in [7, 11) is 0. The molecule has 3 N–H and O–H groups in total. The molecule has 5 aromatic carbocycles. The first-order chi connectivity index (χ1) is 36.5. The van der Waals surface area contributed by atoms with Crippen LogP contribution in [0.5, 0.6) is 11.5 Å². The Morgan fingerprint density at radius 3 is 1.56 bits per heavy atom. The summed E-state index contributed by atoms with van der Waals surface area (Å²) >= 11 is 0. The van der Waals surface area contributed by atoms with E-state index >= 15 is 0 Å². The highest BCUT2D eigenvalue weighted by molar-refractivity contribution is 5.91. The molecule has 0 aliphatic carbocycles. The van der Waals surface area contributed by atoms with Gasteiger partial charge in [0.15, 0.2) is 0 Å². The van der Waals surface area contributed by atoms with Crippen LogP contribution in [0.4, 0.5) is 42.9 Å². The highest BCUT2D eigenvalue weighted by Crippen LogP contribution is 2.35. The zero-order chi connectivity index (χ0) is 51.8. The van der Waals surface area contributed by atoms with Crippen LogP contribution >= 0.6 is 0 Å². The minimum atomic E-state index is -0.539. The van der Waals surface area contributed by atoms with Gasteiger partial charge in [-0.3, -0.25) is 9.80 Å². The van der Waals surface area contributed by atoms with Gasteiger partial charge in [0, 0.05) is 126 Å². The van der Waals surface area contributed by atoms with Gasteiger partial charge in [-0.2, -0.15) is 0 Å². The number of hydrogen-bond donors (Lipinski definition) is 2. The molecule has 0 bridgehead atoms. The number of rotatable bonds is 17. The molecule has 2 saturated heterocycles. The van der Waals surface area contributed by atoms with Gasteiger partial charge >= 0.3 is 0 Å². The Balaban J connectivity index is 0.000000176. The maximum Gasteiger partial charge on any atom is 0.145 e. The summed E-state index contributed by atoms with van der Waals surface area (Å²) in [5.41, 5.74) is 17.3. The Morgan fingerprint density at radius 1 is 0.573 bits per heavy atom. The molecule has 14 nitrogen and oxygen atoms in total. The van der Waals surface area contributed by atoms with Crippen molar-refractivity contribution in [2.75, 3.05) is 122 Å². The van der Waals surface area contributed by atoms with Crippen molar-refractivity contribution in [3.05, 3.63) is 131 Å². The Labute approximate surface area is 441 Å². The number of fused-ring (bicyclic) bond motifs is 2. The standard InChI is InChI=1S/C33H39F2N5O2.C26H35N5O2/c1-23(2)41-33-9-4-3-8-31(33)39-16-14-38(15-17-39)22-27-18-26(37-42-27)21-40-13-12-24-10-11-25(19-32(24)40)36-20-28-29(34)6-5-7-30(28)35;1-19(2)32-26-6-4-3-5-24(26)30-13-11-29(12-14-30)18-23-16-22(28-33-23)17-31-10-9-20-7-8-21(27)15-25(20)31/h3-11,19,23,27,36H,12-18,20-22H2,1-2H3;3-8,15,19,23H,9-14,16-18,27H2,1-2H3. The van der Waals surface area contributed by atoms with E-state index in [-0.39, 0.29) is 36.5 Å². The zero-order valence-electron chi connectivity index (χ0n) is 44.1. The van der Waals surface area contributed by atoms with Crippen LogP contribution in [-0.2, 0) is 29.1 Å². The molecule has 2 atom stereocenters. The summed E-state index contributed by atoms with van der Waals surface area (Å²) < 4.78 is 40.2. The average Bonchev–Trinajstić information content (AvgIpc) is 4.23. The van der Waals surface area contributed by atoms with Crippen LogP contribution in [-0.4, -0.2) is 137 Å². The van der Waals surface area contributed by atoms with Crippen LogP contribution in [0.15, 0.2) is 113 Å². The quantitative estimate of drug-likeness (QED) is 0.0866. The summed E-state index contributed by atoms with van der Waals surface area (Å²) in [6, 6.07) is 33.0. The number of hydrogen-bond acceptors (Lipinski definition) is 14. The minimum Gasteiger partial charge on any atom is -0.489 e. The van der Waals surface area contributed by atoms with Crippen LogP contribution in [0, 0.1) is 11.6 Å². The Kier molecular flexibility index (Phi) is 16.4. The largest absolute Gasteiger partial charge is 0.489 e. The van der Waals surface area contributed by atoms with E-state index in [1.807, 2.05) is 24.3 Å². The SMILES string of the molecule is CC(C)Oc1ccccc1N1CCN(CC2CC(CN3CCc4ccc(N)cc43)=NO2)CC1.CC(C)Oc1ccccc1N1CCN(CC2CC(CN3CCc4ccc(NCc5c(F)cccc5F)cc43)=NO2)CC1. The predicted octanol–water partition coefficient (Wildman–Crippen LogP) is 9.08. The number of nitrogen functional groups attached to an aromatic ring is 1. The van der Waals surface area contributed by atoms with Crippen LogP contribution in [0.25, 0.3) is 0 Å². The van der Waals surface area contributed by atoms with Crippen molar-refractivity contribution < 1.29 is 27.9 Å². The van der Waals surface area contributed by atoms with Gasteiger partial charge in [0.1, 0.15) is 35.3 Å². The van der Waals surface area contributed by atoms with Crippen LogP contribution in [0.1, 0.15) is 57.2 Å². The molecular formula is C59H74F2N10O4. The highest BCUT2D eigenvalue weighted by atomic mass is 19.1. The maximum atomic E-state index is 14.1. The van der Waals surface area contributed by atoms with Crippen LogP contribution in [0.2, 0.25) is 0 Å². The lowest BCUT2D eigenvalue weighted by atomic mass is 10.1. The normalized spacial score (nSPS) is 19.6. The molecule has 6 aliphatic heterocycles. The van der Waals surface area contributed by atoms with Gasteiger partial charge in [0.25, 0.3) is 0 Å². The fourth-order valence-corrected chi connectivity index (χ4v) is 11.1. The summed E-state index contributed by atoms with van der Waals surface area (Å²) in [4.78, 5) is 26.2. The van der Waals surface area contributed by atoms with Gasteiger partial charge < -0.3 is 49.8 Å². The Morgan fingerprint density at radius 2 is 1.05 bits per heavy atom. The molecule has 0 spiro atoms. The second kappa shape index (κ2) is 23.8. The fraction of sp³-hybridized carbons (Fsp3) is 0.458. The van der Waals surface area contributed by atoms with Crippen molar-refractivity contribution in [1.29, 1.82) is 0 Å². The second-order valence-electron chi connectivity index (χ2n) is 21.2. The smallest absolute Gasteiger partial charge is 0.145 e. The van der Waals surface area contributed by atoms with Crippen molar-refractivity contribution in [2.24, 2.45) is 10.3 Å². The van der Waals surface area contributed by atoms with Gasteiger partial charge in [-0.15, -0.1) is 0 Å². The predicted molar refractivity (Wildman–Crippen MR) is 298 cm³/mol. The third kappa shape index (κ3) is 13.0. The van der Waals surface area contributed by atoms with Crippen molar-refractivity contribution in [3.63, 3.8) is 0 Å². The molecule has 0 saturated carbocycles. The van der Waals surface area contributed by atoms with Gasteiger partial charge in [-0.25, -0.2) is 8.78 Å². The van der Waals surface area contributed by atoms with Crippen molar-refractivity contribution in [2.45, 2.75) is 84.3 Å². The lowest BCUT2D eigenvalue weighted by Gasteiger charge is -2.37. The lowest BCUT2D eigenvalue weighted by molar-refractivity contribution is 0.0509. The molecule has 0 aromatic heterocycles. The van der Waals surface area contributed by atoms with Gasteiger partial charge in [0.05, 0.1) is 48.1 Å². The fourth-order valence-electron chi connectivity index (χ4n) is 11.1. The van der Waals surface area contributed by atoms with Gasteiger partial charge in [0.2, 0.25) is 0 Å². The molecule has 16 heteroatoms. The number of oxime groups is 2.